The summed E-state index contributed by atoms with van der Waals surface area (Å²) in [6.07, 6.45) is 2.04. The Morgan fingerprint density at radius 2 is 1.83 bits per heavy atom. The van der Waals surface area contributed by atoms with Crippen molar-refractivity contribution in [3.8, 4) is 0 Å². The van der Waals surface area contributed by atoms with Crippen LogP contribution in [0.25, 0.3) is 0 Å². The Kier molecular flexibility index (Phi) is 5.68. The van der Waals surface area contributed by atoms with Crippen molar-refractivity contribution >= 4 is 18.3 Å². The number of nitrogens with two attached hydrogens (primary N) is 1. The summed E-state index contributed by atoms with van der Waals surface area (Å²) in [6.45, 7) is 5.04. The molecule has 1 amide bonds. The third-order valence-corrected chi connectivity index (χ3v) is 4.88. The molecular formula is C20H25ClN2O. The van der Waals surface area contributed by atoms with E-state index >= 15 is 0 Å². The molecule has 24 heavy (non-hydrogen) atoms. The average molecular weight is 345 g/mol. The molecule has 1 unspecified atom stereocenters. The van der Waals surface area contributed by atoms with E-state index in [4.69, 9.17) is 5.73 Å². The molecule has 0 heterocycles. The van der Waals surface area contributed by atoms with Gasteiger partial charge in [-0.15, -0.1) is 12.4 Å². The second kappa shape index (κ2) is 7.37. The fourth-order valence-electron chi connectivity index (χ4n) is 3.40. The van der Waals surface area contributed by atoms with Crippen LogP contribution in [0, 0.1) is 0 Å². The summed E-state index contributed by atoms with van der Waals surface area (Å²) >= 11 is 0. The summed E-state index contributed by atoms with van der Waals surface area (Å²) < 4.78 is 0. The third-order valence-electron chi connectivity index (χ3n) is 4.88. The lowest BCUT2D eigenvalue weighted by molar-refractivity contribution is 0.0929. The highest BCUT2D eigenvalue weighted by Crippen LogP contribution is 2.41. The largest absolute Gasteiger partial charge is 0.345 e. The van der Waals surface area contributed by atoms with Gasteiger partial charge in [-0.25, -0.2) is 0 Å². The standard InChI is InChI=1S/C20H24N2O.ClH/c1-20(2)12-11-18(16-5-3-4-6-17(16)20)22-19(23)15-9-7-14(13-21)8-10-15;/h3-10,18H,11-13,21H2,1-2H3,(H,22,23);1H. The number of halogens is 1. The minimum absolute atomic E-state index is 0. The van der Waals surface area contributed by atoms with Crippen LogP contribution in [0.1, 0.15) is 59.8 Å². The lowest BCUT2D eigenvalue weighted by atomic mass is 9.71. The van der Waals surface area contributed by atoms with E-state index < -0.39 is 0 Å². The number of rotatable bonds is 3. The van der Waals surface area contributed by atoms with Gasteiger partial charge in [0.25, 0.3) is 5.91 Å². The number of carbonyl (C=O) groups excluding carboxylic acids is 1. The molecule has 2 aromatic carbocycles. The Labute approximate surface area is 150 Å². The number of hydrogen-bond acceptors (Lipinski definition) is 2. The van der Waals surface area contributed by atoms with Crippen LogP contribution in [0.15, 0.2) is 48.5 Å². The molecule has 0 saturated carbocycles. The van der Waals surface area contributed by atoms with Crippen LogP contribution in [0.5, 0.6) is 0 Å². The molecule has 1 aliphatic rings. The minimum Gasteiger partial charge on any atom is -0.345 e. The fraction of sp³-hybridized carbons (Fsp3) is 0.350. The van der Waals surface area contributed by atoms with E-state index in [0.717, 1.165) is 18.4 Å². The van der Waals surface area contributed by atoms with Crippen molar-refractivity contribution in [3.05, 3.63) is 70.8 Å². The molecule has 0 saturated heterocycles. The maximum Gasteiger partial charge on any atom is 0.251 e. The topological polar surface area (TPSA) is 55.1 Å². The molecule has 2 aromatic rings. The van der Waals surface area contributed by atoms with Gasteiger partial charge in [0, 0.05) is 12.1 Å². The molecule has 0 fully saturated rings. The Bertz CT molecular complexity index is 710. The summed E-state index contributed by atoms with van der Waals surface area (Å²) in [5, 5.41) is 3.20. The number of nitrogens with one attached hydrogen (secondary N) is 1. The van der Waals surface area contributed by atoms with E-state index in [2.05, 4.69) is 43.4 Å². The zero-order chi connectivity index (χ0) is 16.4. The average Bonchev–Trinajstić information content (AvgIpc) is 2.58. The zero-order valence-corrected chi connectivity index (χ0v) is 15.0. The predicted octanol–water partition coefficient (Wildman–Crippen LogP) is 4.11. The van der Waals surface area contributed by atoms with E-state index in [1.54, 1.807) is 0 Å². The molecule has 0 bridgehead atoms. The maximum atomic E-state index is 12.5. The monoisotopic (exact) mass is 344 g/mol. The SMILES string of the molecule is CC1(C)CCC(NC(=O)c2ccc(CN)cc2)c2ccccc21.Cl. The van der Waals surface area contributed by atoms with Gasteiger partial charge in [-0.1, -0.05) is 50.2 Å². The third kappa shape index (κ3) is 3.63. The highest BCUT2D eigenvalue weighted by molar-refractivity contribution is 5.94. The van der Waals surface area contributed by atoms with Crippen LogP contribution in [0.4, 0.5) is 0 Å². The normalized spacial score (nSPS) is 18.2. The van der Waals surface area contributed by atoms with Crippen LogP contribution < -0.4 is 11.1 Å². The van der Waals surface area contributed by atoms with Crippen LogP contribution in [-0.2, 0) is 12.0 Å². The van der Waals surface area contributed by atoms with Crippen molar-refractivity contribution in [1.82, 2.24) is 5.32 Å². The quantitative estimate of drug-likeness (QED) is 0.880. The molecular weight excluding hydrogens is 320 g/mol. The number of carbonyl (C=O) groups is 1. The Morgan fingerprint density at radius 1 is 1.17 bits per heavy atom. The van der Waals surface area contributed by atoms with Gasteiger partial charge < -0.3 is 11.1 Å². The summed E-state index contributed by atoms with van der Waals surface area (Å²) in [5.74, 6) is -0.0203. The second-order valence-electron chi connectivity index (χ2n) is 6.94. The van der Waals surface area contributed by atoms with Crippen molar-refractivity contribution in [2.75, 3.05) is 0 Å². The van der Waals surface area contributed by atoms with Gasteiger partial charge in [-0.3, -0.25) is 4.79 Å². The van der Waals surface area contributed by atoms with Crippen molar-refractivity contribution in [1.29, 1.82) is 0 Å². The molecule has 3 nitrogen and oxygen atoms in total. The molecule has 0 spiro atoms. The Balaban J connectivity index is 0.00000208. The number of amides is 1. The van der Waals surface area contributed by atoms with Gasteiger partial charge in [0.1, 0.15) is 0 Å². The molecule has 1 atom stereocenters. The van der Waals surface area contributed by atoms with E-state index in [1.165, 1.54) is 11.1 Å². The van der Waals surface area contributed by atoms with Gasteiger partial charge in [0.2, 0.25) is 0 Å². The highest BCUT2D eigenvalue weighted by atomic mass is 35.5. The van der Waals surface area contributed by atoms with Crippen LogP contribution in [0.2, 0.25) is 0 Å². The van der Waals surface area contributed by atoms with E-state index in [1.807, 2.05) is 24.3 Å². The lowest BCUT2D eigenvalue weighted by Gasteiger charge is -2.37. The van der Waals surface area contributed by atoms with Crippen LogP contribution >= 0.6 is 12.4 Å². The number of fused-ring (bicyclic) bond motifs is 1. The van der Waals surface area contributed by atoms with Crippen molar-refractivity contribution in [2.45, 2.75) is 44.7 Å². The first kappa shape index (κ1) is 18.5. The Morgan fingerprint density at radius 3 is 2.50 bits per heavy atom. The Hall–Kier alpha value is -1.84. The predicted molar refractivity (Wildman–Crippen MR) is 100 cm³/mol. The number of hydrogen-bond donors (Lipinski definition) is 2. The summed E-state index contributed by atoms with van der Waals surface area (Å²) in [4.78, 5) is 12.5. The maximum absolute atomic E-state index is 12.5. The van der Waals surface area contributed by atoms with E-state index in [-0.39, 0.29) is 29.8 Å². The van der Waals surface area contributed by atoms with Crippen molar-refractivity contribution < 1.29 is 4.79 Å². The first-order valence-electron chi connectivity index (χ1n) is 8.20. The summed E-state index contributed by atoms with van der Waals surface area (Å²) in [5.41, 5.74) is 10.1. The van der Waals surface area contributed by atoms with Gasteiger partial charge in [-0.2, -0.15) is 0 Å². The highest BCUT2D eigenvalue weighted by Gasteiger charge is 2.32. The van der Waals surface area contributed by atoms with Crippen molar-refractivity contribution in [3.63, 3.8) is 0 Å². The number of benzene rings is 2. The molecule has 0 radical (unpaired) electrons. The van der Waals surface area contributed by atoms with Crippen LogP contribution in [-0.4, -0.2) is 5.91 Å². The molecule has 1 aliphatic carbocycles. The smallest absolute Gasteiger partial charge is 0.251 e. The zero-order valence-electron chi connectivity index (χ0n) is 14.2. The van der Waals surface area contributed by atoms with Gasteiger partial charge >= 0.3 is 0 Å². The summed E-state index contributed by atoms with van der Waals surface area (Å²) in [7, 11) is 0. The molecule has 3 rings (SSSR count). The fourth-order valence-corrected chi connectivity index (χ4v) is 3.40. The van der Waals surface area contributed by atoms with E-state index in [9.17, 15) is 4.79 Å². The molecule has 0 aliphatic heterocycles. The van der Waals surface area contributed by atoms with E-state index in [0.29, 0.717) is 12.1 Å². The molecule has 3 N–H and O–H groups in total. The van der Waals surface area contributed by atoms with Crippen LogP contribution in [0.3, 0.4) is 0 Å². The van der Waals surface area contributed by atoms with Gasteiger partial charge in [-0.05, 0) is 47.1 Å². The molecule has 4 heteroatoms. The second-order valence-corrected chi connectivity index (χ2v) is 6.94. The summed E-state index contributed by atoms with van der Waals surface area (Å²) in [6, 6.07) is 16.0. The molecule has 128 valence electrons. The van der Waals surface area contributed by atoms with Gasteiger partial charge in [0.05, 0.1) is 6.04 Å². The minimum atomic E-state index is -0.0203. The first-order valence-corrected chi connectivity index (χ1v) is 8.20. The first-order chi connectivity index (χ1) is 11.0. The molecule has 0 aromatic heterocycles. The lowest BCUT2D eigenvalue weighted by Crippen LogP contribution is -2.35. The van der Waals surface area contributed by atoms with Crippen molar-refractivity contribution in [2.24, 2.45) is 5.73 Å². The van der Waals surface area contributed by atoms with Gasteiger partial charge in [0.15, 0.2) is 0 Å².